The summed E-state index contributed by atoms with van der Waals surface area (Å²) in [5.41, 5.74) is 0.553. The van der Waals surface area contributed by atoms with Gasteiger partial charge in [-0.1, -0.05) is 13.0 Å². The average molecular weight is 316 g/mol. The zero-order valence-corrected chi connectivity index (χ0v) is 13.0. The summed E-state index contributed by atoms with van der Waals surface area (Å²) in [6.45, 7) is 5.36. The van der Waals surface area contributed by atoms with Crippen molar-refractivity contribution in [1.82, 2.24) is 10.0 Å². The van der Waals surface area contributed by atoms with Crippen LogP contribution in [0.5, 0.6) is 0 Å². The molecule has 1 aliphatic rings. The number of nitrogens with one attached hydrogen (secondary N) is 2. The van der Waals surface area contributed by atoms with Gasteiger partial charge in [-0.05, 0) is 37.6 Å². The van der Waals surface area contributed by atoms with Crippen LogP contribution in [0, 0.1) is 5.82 Å². The Bertz CT molecular complexity index is 592. The van der Waals surface area contributed by atoms with Crippen molar-refractivity contribution in [2.24, 2.45) is 0 Å². The Morgan fingerprint density at radius 3 is 2.81 bits per heavy atom. The number of hydrogen-bond acceptors (Lipinski definition) is 4. The molecular weight excluding hydrogens is 295 g/mol. The Morgan fingerprint density at radius 1 is 1.43 bits per heavy atom. The highest BCUT2D eigenvalue weighted by molar-refractivity contribution is 7.89. The van der Waals surface area contributed by atoms with Crippen molar-refractivity contribution < 1.29 is 17.5 Å². The fourth-order valence-electron chi connectivity index (χ4n) is 2.33. The average Bonchev–Trinajstić information content (AvgIpc) is 2.82. The summed E-state index contributed by atoms with van der Waals surface area (Å²) in [4.78, 5) is -0.0115. The first-order valence-corrected chi connectivity index (χ1v) is 8.55. The van der Waals surface area contributed by atoms with E-state index in [1.165, 1.54) is 12.1 Å². The van der Waals surface area contributed by atoms with Gasteiger partial charge in [0, 0.05) is 13.2 Å². The van der Waals surface area contributed by atoms with Gasteiger partial charge in [-0.3, -0.25) is 0 Å². The van der Waals surface area contributed by atoms with Crippen molar-refractivity contribution >= 4 is 10.0 Å². The normalized spacial score (nSPS) is 22.6. The van der Waals surface area contributed by atoms with Gasteiger partial charge >= 0.3 is 0 Å². The maximum Gasteiger partial charge on any atom is 0.241 e. The summed E-state index contributed by atoms with van der Waals surface area (Å²) < 4.78 is 46.4. The van der Waals surface area contributed by atoms with Gasteiger partial charge < -0.3 is 10.1 Å². The Kier molecular flexibility index (Phi) is 5.32. The predicted octanol–water partition coefficient (Wildman–Crippen LogP) is 1.39. The lowest BCUT2D eigenvalue weighted by molar-refractivity contribution is 0.117. The lowest BCUT2D eigenvalue weighted by atomic mass is 10.2. The van der Waals surface area contributed by atoms with Crippen molar-refractivity contribution in [3.8, 4) is 0 Å². The maximum absolute atomic E-state index is 13.5. The smallest absolute Gasteiger partial charge is 0.241 e. The lowest BCUT2D eigenvalue weighted by Crippen LogP contribution is -2.39. The first-order chi connectivity index (χ1) is 9.94. The largest absolute Gasteiger partial charge is 0.377 e. The third-order valence-corrected chi connectivity index (χ3v) is 5.14. The second-order valence-electron chi connectivity index (χ2n) is 5.12. The summed E-state index contributed by atoms with van der Waals surface area (Å²) in [7, 11) is -3.77. The zero-order chi connectivity index (χ0) is 15.5. The molecule has 1 aromatic carbocycles. The molecule has 118 valence electrons. The van der Waals surface area contributed by atoms with Crippen LogP contribution in [-0.2, 0) is 21.3 Å². The first kappa shape index (κ1) is 16.4. The Hall–Kier alpha value is -1.02. The predicted molar refractivity (Wildman–Crippen MR) is 77.9 cm³/mol. The van der Waals surface area contributed by atoms with Crippen LogP contribution in [-0.4, -0.2) is 33.7 Å². The minimum absolute atomic E-state index is 0.0115. The van der Waals surface area contributed by atoms with E-state index in [9.17, 15) is 12.8 Å². The first-order valence-electron chi connectivity index (χ1n) is 7.07. The summed E-state index contributed by atoms with van der Waals surface area (Å²) in [6.07, 6.45) is 0.448. The van der Waals surface area contributed by atoms with Gasteiger partial charge in [0.15, 0.2) is 0 Å². The molecule has 0 aliphatic carbocycles. The highest BCUT2D eigenvalue weighted by Gasteiger charge is 2.30. The summed E-state index contributed by atoms with van der Waals surface area (Å²) >= 11 is 0. The van der Waals surface area contributed by atoms with E-state index in [1.54, 1.807) is 0 Å². The van der Waals surface area contributed by atoms with Gasteiger partial charge in [0.1, 0.15) is 5.82 Å². The maximum atomic E-state index is 13.5. The number of halogens is 1. The van der Waals surface area contributed by atoms with E-state index in [-0.39, 0.29) is 17.0 Å². The Balaban J connectivity index is 2.27. The van der Waals surface area contributed by atoms with Gasteiger partial charge in [-0.2, -0.15) is 0 Å². The third kappa shape index (κ3) is 4.00. The minimum Gasteiger partial charge on any atom is -0.377 e. The van der Waals surface area contributed by atoms with Crippen LogP contribution in [0.3, 0.4) is 0 Å². The summed E-state index contributed by atoms with van der Waals surface area (Å²) in [5.74, 6) is -0.564. The van der Waals surface area contributed by atoms with Crippen LogP contribution in [0.1, 0.15) is 25.8 Å². The molecule has 2 rings (SSSR count). The van der Waals surface area contributed by atoms with Crippen molar-refractivity contribution in [3.63, 3.8) is 0 Å². The number of sulfonamides is 1. The molecule has 0 aromatic heterocycles. The molecule has 0 amide bonds. The van der Waals surface area contributed by atoms with E-state index < -0.39 is 15.8 Å². The van der Waals surface area contributed by atoms with Crippen molar-refractivity contribution in [2.45, 2.75) is 43.9 Å². The van der Waals surface area contributed by atoms with Gasteiger partial charge in [-0.15, -0.1) is 0 Å². The molecule has 1 aliphatic heterocycles. The molecule has 0 saturated carbocycles. The van der Waals surface area contributed by atoms with E-state index in [0.29, 0.717) is 31.7 Å². The molecular formula is C14H21FN2O3S. The van der Waals surface area contributed by atoms with Crippen LogP contribution in [0.25, 0.3) is 0 Å². The van der Waals surface area contributed by atoms with Crippen molar-refractivity contribution in [3.05, 3.63) is 29.6 Å². The molecule has 2 unspecified atom stereocenters. The Labute approximate surface area is 124 Å². The van der Waals surface area contributed by atoms with E-state index in [2.05, 4.69) is 10.0 Å². The number of rotatable bonds is 6. The molecule has 0 bridgehead atoms. The molecule has 1 fully saturated rings. The lowest BCUT2D eigenvalue weighted by Gasteiger charge is -2.18. The second kappa shape index (κ2) is 6.83. The quantitative estimate of drug-likeness (QED) is 0.832. The Morgan fingerprint density at radius 2 is 2.19 bits per heavy atom. The number of ether oxygens (including phenoxy) is 1. The molecule has 2 atom stereocenters. The highest BCUT2D eigenvalue weighted by atomic mass is 32.2. The topological polar surface area (TPSA) is 67.4 Å². The van der Waals surface area contributed by atoms with Crippen LogP contribution >= 0.6 is 0 Å². The molecule has 1 aromatic rings. The highest BCUT2D eigenvalue weighted by Crippen LogP contribution is 2.21. The van der Waals surface area contributed by atoms with Gasteiger partial charge in [-0.25, -0.2) is 17.5 Å². The summed E-state index contributed by atoms with van der Waals surface area (Å²) in [5, 5.41) is 3.06. The number of hydrogen-bond donors (Lipinski definition) is 2. The molecule has 2 N–H and O–H groups in total. The molecule has 0 radical (unpaired) electrons. The number of benzene rings is 1. The van der Waals surface area contributed by atoms with Crippen LogP contribution < -0.4 is 10.0 Å². The van der Waals surface area contributed by atoms with Crippen LogP contribution in [0.15, 0.2) is 23.1 Å². The standard InChI is InChI=1S/C14H21FN2O3S/c1-3-16-9-11-4-5-12(15)8-14(11)21(18,19)17-13-6-7-20-10(13)2/h4-5,8,10,13,16-17H,3,6-7,9H2,1-2H3. The molecule has 1 heterocycles. The minimum atomic E-state index is -3.77. The van der Waals surface area contributed by atoms with Crippen LogP contribution in [0.4, 0.5) is 4.39 Å². The second-order valence-corrected chi connectivity index (χ2v) is 6.81. The van der Waals surface area contributed by atoms with Crippen molar-refractivity contribution in [1.29, 1.82) is 0 Å². The fraction of sp³-hybridized carbons (Fsp3) is 0.571. The molecule has 0 spiro atoms. The molecule has 5 nitrogen and oxygen atoms in total. The van der Waals surface area contributed by atoms with E-state index in [4.69, 9.17) is 4.74 Å². The monoisotopic (exact) mass is 316 g/mol. The van der Waals surface area contributed by atoms with Gasteiger partial charge in [0.2, 0.25) is 10.0 Å². The van der Waals surface area contributed by atoms with E-state index >= 15 is 0 Å². The summed E-state index contributed by atoms with van der Waals surface area (Å²) in [6, 6.07) is 3.56. The molecule has 21 heavy (non-hydrogen) atoms. The SMILES string of the molecule is CCNCc1ccc(F)cc1S(=O)(=O)NC1CCOC1C. The van der Waals surface area contributed by atoms with Crippen molar-refractivity contribution in [2.75, 3.05) is 13.2 Å². The van der Waals surface area contributed by atoms with Gasteiger partial charge in [0.25, 0.3) is 0 Å². The van der Waals surface area contributed by atoms with E-state index in [0.717, 1.165) is 6.07 Å². The molecule has 7 heteroatoms. The zero-order valence-electron chi connectivity index (χ0n) is 12.2. The van der Waals surface area contributed by atoms with Gasteiger partial charge in [0.05, 0.1) is 17.0 Å². The molecule has 1 saturated heterocycles. The van der Waals surface area contributed by atoms with E-state index in [1.807, 2.05) is 13.8 Å². The third-order valence-electron chi connectivity index (χ3n) is 3.57. The van der Waals surface area contributed by atoms with Crippen LogP contribution in [0.2, 0.25) is 0 Å². The fourth-order valence-corrected chi connectivity index (χ4v) is 3.92.